The second-order valence-electron chi connectivity index (χ2n) is 6.51. The van der Waals surface area contributed by atoms with Gasteiger partial charge in [0.2, 0.25) is 11.8 Å². The molecule has 0 spiro atoms. The first kappa shape index (κ1) is 21.1. The second kappa shape index (κ2) is 9.27. The number of amides is 3. The van der Waals surface area contributed by atoms with Crippen LogP contribution >= 0.6 is 11.3 Å². The van der Waals surface area contributed by atoms with Crippen LogP contribution < -0.4 is 11.1 Å². The lowest BCUT2D eigenvalue weighted by atomic mass is 10.0. The first-order valence-electron chi connectivity index (χ1n) is 8.96. The molecule has 3 aromatic rings. The number of carbonyl (C=O) groups excluding carboxylic acids is 3. The van der Waals surface area contributed by atoms with E-state index in [1.165, 1.54) is 47.5 Å². The highest BCUT2D eigenvalue weighted by Crippen LogP contribution is 2.22. The van der Waals surface area contributed by atoms with Gasteiger partial charge in [-0.2, -0.15) is 0 Å². The number of carbonyl (C=O) groups is 3. The molecule has 9 heteroatoms. The maximum atomic E-state index is 13.5. The SMILES string of the molecule is CN(C(=O)Cc1csc(NC(=O)c2ccccc2)n1)C(C(N)=O)c1cccc(F)c1. The van der Waals surface area contributed by atoms with Crippen molar-refractivity contribution < 1.29 is 18.8 Å². The molecule has 3 rings (SSSR count). The Morgan fingerprint density at radius 2 is 1.90 bits per heavy atom. The topological polar surface area (TPSA) is 105 Å². The molecule has 0 aliphatic heterocycles. The first-order chi connectivity index (χ1) is 14.3. The molecule has 154 valence electrons. The maximum absolute atomic E-state index is 13.5. The van der Waals surface area contributed by atoms with Crippen LogP contribution in [-0.2, 0) is 16.0 Å². The Hall–Kier alpha value is -3.59. The summed E-state index contributed by atoms with van der Waals surface area (Å²) in [6.45, 7) is 0. The summed E-state index contributed by atoms with van der Waals surface area (Å²) in [7, 11) is 1.42. The number of halogens is 1. The van der Waals surface area contributed by atoms with Gasteiger partial charge < -0.3 is 10.6 Å². The number of primary amides is 1. The summed E-state index contributed by atoms with van der Waals surface area (Å²) >= 11 is 1.18. The minimum absolute atomic E-state index is 0.104. The largest absolute Gasteiger partial charge is 0.368 e. The third-order valence-electron chi connectivity index (χ3n) is 4.36. The van der Waals surface area contributed by atoms with Gasteiger partial charge in [0.1, 0.15) is 11.9 Å². The molecule has 0 fully saturated rings. The van der Waals surface area contributed by atoms with Gasteiger partial charge in [-0.1, -0.05) is 30.3 Å². The van der Waals surface area contributed by atoms with Crippen molar-refractivity contribution in [1.82, 2.24) is 9.88 Å². The fourth-order valence-electron chi connectivity index (χ4n) is 2.88. The van der Waals surface area contributed by atoms with Gasteiger partial charge in [-0.3, -0.25) is 19.7 Å². The van der Waals surface area contributed by atoms with Crippen molar-refractivity contribution in [2.24, 2.45) is 5.73 Å². The van der Waals surface area contributed by atoms with Gasteiger partial charge in [-0.15, -0.1) is 11.3 Å². The lowest BCUT2D eigenvalue weighted by molar-refractivity contribution is -0.137. The molecule has 0 aliphatic carbocycles. The quantitative estimate of drug-likeness (QED) is 0.606. The summed E-state index contributed by atoms with van der Waals surface area (Å²) in [4.78, 5) is 42.2. The van der Waals surface area contributed by atoms with Crippen LogP contribution in [0.2, 0.25) is 0 Å². The lowest BCUT2D eigenvalue weighted by Crippen LogP contribution is -2.40. The molecule has 3 amide bonds. The highest BCUT2D eigenvalue weighted by molar-refractivity contribution is 7.14. The zero-order chi connectivity index (χ0) is 21.7. The Morgan fingerprint density at radius 1 is 1.17 bits per heavy atom. The number of nitrogens with two attached hydrogens (primary N) is 1. The molecule has 0 saturated carbocycles. The van der Waals surface area contributed by atoms with E-state index in [0.29, 0.717) is 16.4 Å². The Kier molecular flexibility index (Phi) is 6.53. The predicted octanol–water partition coefficient (Wildman–Crippen LogP) is 2.76. The van der Waals surface area contributed by atoms with E-state index in [9.17, 15) is 18.8 Å². The van der Waals surface area contributed by atoms with E-state index in [1.54, 1.807) is 29.6 Å². The molecule has 1 unspecified atom stereocenters. The summed E-state index contributed by atoms with van der Waals surface area (Å²) in [6.07, 6.45) is -0.104. The third kappa shape index (κ3) is 5.06. The minimum atomic E-state index is -1.11. The number of rotatable bonds is 7. The Balaban J connectivity index is 1.68. The zero-order valence-electron chi connectivity index (χ0n) is 16.0. The van der Waals surface area contributed by atoms with E-state index >= 15 is 0 Å². The average Bonchev–Trinajstić information content (AvgIpc) is 3.15. The molecule has 1 aromatic heterocycles. The molecule has 2 aromatic carbocycles. The standard InChI is InChI=1S/C21H19FN4O3S/c1-26(18(19(23)28)14-8-5-9-15(22)10-14)17(27)11-16-12-30-21(24-16)25-20(29)13-6-3-2-4-7-13/h2-10,12,18H,11H2,1H3,(H2,23,28)(H,24,25,29). The van der Waals surface area contributed by atoms with Crippen LogP contribution in [0.15, 0.2) is 60.0 Å². The highest BCUT2D eigenvalue weighted by Gasteiger charge is 2.27. The number of nitrogens with one attached hydrogen (secondary N) is 1. The normalized spacial score (nSPS) is 11.5. The van der Waals surface area contributed by atoms with Crippen LogP contribution in [0.5, 0.6) is 0 Å². The van der Waals surface area contributed by atoms with E-state index in [0.717, 1.165) is 0 Å². The molecule has 0 bridgehead atoms. The third-order valence-corrected chi connectivity index (χ3v) is 5.16. The van der Waals surface area contributed by atoms with Crippen molar-refractivity contribution in [3.63, 3.8) is 0 Å². The van der Waals surface area contributed by atoms with Crippen molar-refractivity contribution in [2.45, 2.75) is 12.5 Å². The van der Waals surface area contributed by atoms with Gasteiger partial charge in [0.05, 0.1) is 12.1 Å². The molecule has 0 radical (unpaired) electrons. The number of nitrogens with zero attached hydrogens (tertiary/aromatic N) is 2. The maximum Gasteiger partial charge on any atom is 0.257 e. The molecular weight excluding hydrogens is 407 g/mol. The monoisotopic (exact) mass is 426 g/mol. The second-order valence-corrected chi connectivity index (χ2v) is 7.36. The summed E-state index contributed by atoms with van der Waals surface area (Å²) in [5.41, 5.74) is 6.66. The fourth-order valence-corrected chi connectivity index (χ4v) is 3.59. The van der Waals surface area contributed by atoms with Crippen LogP contribution in [0.1, 0.15) is 27.7 Å². The van der Waals surface area contributed by atoms with E-state index in [-0.39, 0.29) is 17.9 Å². The van der Waals surface area contributed by atoms with E-state index in [2.05, 4.69) is 10.3 Å². The van der Waals surface area contributed by atoms with E-state index in [4.69, 9.17) is 5.73 Å². The Labute approximate surface area is 176 Å². The molecular formula is C21H19FN4O3S. The predicted molar refractivity (Wildman–Crippen MR) is 111 cm³/mol. The van der Waals surface area contributed by atoms with Crippen LogP contribution in [-0.4, -0.2) is 34.7 Å². The number of benzene rings is 2. The smallest absolute Gasteiger partial charge is 0.257 e. The molecule has 30 heavy (non-hydrogen) atoms. The Morgan fingerprint density at radius 3 is 2.57 bits per heavy atom. The van der Waals surface area contributed by atoms with E-state index < -0.39 is 23.7 Å². The number of hydrogen-bond acceptors (Lipinski definition) is 5. The lowest BCUT2D eigenvalue weighted by Gasteiger charge is -2.26. The van der Waals surface area contributed by atoms with Crippen LogP contribution in [0, 0.1) is 5.82 Å². The molecule has 1 heterocycles. The van der Waals surface area contributed by atoms with E-state index in [1.807, 2.05) is 6.07 Å². The first-order valence-corrected chi connectivity index (χ1v) is 9.84. The van der Waals surface area contributed by atoms with Crippen molar-refractivity contribution in [3.8, 4) is 0 Å². The van der Waals surface area contributed by atoms with Crippen molar-refractivity contribution in [1.29, 1.82) is 0 Å². The van der Waals surface area contributed by atoms with Gasteiger partial charge in [-0.05, 0) is 29.8 Å². The molecule has 0 saturated heterocycles. The fraction of sp³-hybridized carbons (Fsp3) is 0.143. The van der Waals surface area contributed by atoms with Gasteiger partial charge in [-0.25, -0.2) is 9.37 Å². The number of thiazole rings is 1. The van der Waals surface area contributed by atoms with Crippen LogP contribution in [0.25, 0.3) is 0 Å². The summed E-state index contributed by atoms with van der Waals surface area (Å²) in [5.74, 6) is -2.03. The molecule has 7 nitrogen and oxygen atoms in total. The summed E-state index contributed by atoms with van der Waals surface area (Å²) in [5, 5.41) is 4.68. The van der Waals surface area contributed by atoms with Crippen molar-refractivity contribution in [2.75, 3.05) is 12.4 Å². The minimum Gasteiger partial charge on any atom is -0.368 e. The van der Waals surface area contributed by atoms with Gasteiger partial charge in [0.15, 0.2) is 5.13 Å². The van der Waals surface area contributed by atoms with Gasteiger partial charge in [0, 0.05) is 18.0 Å². The van der Waals surface area contributed by atoms with Gasteiger partial charge >= 0.3 is 0 Å². The number of hydrogen-bond donors (Lipinski definition) is 2. The molecule has 1 atom stereocenters. The van der Waals surface area contributed by atoms with Crippen LogP contribution in [0.4, 0.5) is 9.52 Å². The zero-order valence-corrected chi connectivity index (χ0v) is 16.9. The van der Waals surface area contributed by atoms with Crippen molar-refractivity contribution in [3.05, 3.63) is 82.6 Å². The summed E-state index contributed by atoms with van der Waals surface area (Å²) < 4.78 is 13.5. The molecule has 0 aliphatic rings. The highest BCUT2D eigenvalue weighted by atomic mass is 32.1. The average molecular weight is 426 g/mol. The number of anilines is 1. The van der Waals surface area contributed by atoms with Crippen LogP contribution in [0.3, 0.4) is 0 Å². The number of likely N-dealkylation sites (N-methyl/N-ethyl adjacent to an activating group) is 1. The van der Waals surface area contributed by atoms with Gasteiger partial charge in [0.25, 0.3) is 5.91 Å². The molecule has 3 N–H and O–H groups in total. The summed E-state index contributed by atoms with van der Waals surface area (Å²) in [6, 6.07) is 13.0. The van der Waals surface area contributed by atoms with Crippen molar-refractivity contribution >= 4 is 34.2 Å². The number of aromatic nitrogens is 1. The Bertz CT molecular complexity index is 1070.